The summed E-state index contributed by atoms with van der Waals surface area (Å²) in [6.07, 6.45) is -0.714. The van der Waals surface area contributed by atoms with Gasteiger partial charge in [0.1, 0.15) is 10.7 Å². The number of nitrogens with zero attached hydrogens (tertiary/aromatic N) is 1. The Labute approximate surface area is 129 Å². The van der Waals surface area contributed by atoms with Crippen LogP contribution < -0.4 is 10.5 Å². The van der Waals surface area contributed by atoms with E-state index in [1.807, 2.05) is 0 Å². The fourth-order valence-electron chi connectivity index (χ4n) is 1.63. The number of hydrogen-bond acceptors (Lipinski definition) is 5. The Kier molecular flexibility index (Phi) is 7.07. The molecule has 0 heterocycles. The molecule has 0 aliphatic rings. The van der Waals surface area contributed by atoms with Gasteiger partial charge >= 0.3 is 0 Å². The molecule has 1 rings (SSSR count). The molecule has 3 N–H and O–H groups in total. The van der Waals surface area contributed by atoms with Gasteiger partial charge < -0.3 is 25.2 Å². The topological polar surface area (TPSA) is 85.0 Å². The van der Waals surface area contributed by atoms with Gasteiger partial charge in [-0.15, -0.1) is 0 Å². The predicted octanol–water partition coefficient (Wildman–Crippen LogP) is 0.165. The standard InChI is InChI=1S/C14H20N2O4S/c1-16(7-11(17)8-19-2)13(18)9-20-12-5-3-10(4-6-12)14(15)21/h3-6,11,17H,7-9H2,1-2H3,(H2,15,21). The van der Waals surface area contributed by atoms with E-state index >= 15 is 0 Å². The Morgan fingerprint density at radius 3 is 2.57 bits per heavy atom. The van der Waals surface area contributed by atoms with Crippen molar-refractivity contribution in [2.45, 2.75) is 6.10 Å². The van der Waals surface area contributed by atoms with Crippen LogP contribution in [0.15, 0.2) is 24.3 Å². The van der Waals surface area contributed by atoms with Gasteiger partial charge in [-0.1, -0.05) is 12.2 Å². The Bertz CT molecular complexity index is 478. The van der Waals surface area contributed by atoms with E-state index in [9.17, 15) is 9.90 Å². The van der Waals surface area contributed by atoms with Crippen LogP contribution in [0.1, 0.15) is 5.56 Å². The summed E-state index contributed by atoms with van der Waals surface area (Å²) in [6, 6.07) is 6.85. The van der Waals surface area contributed by atoms with E-state index in [0.29, 0.717) is 10.7 Å². The van der Waals surface area contributed by atoms with E-state index in [4.69, 9.17) is 27.4 Å². The number of hydrogen-bond donors (Lipinski definition) is 2. The number of amides is 1. The van der Waals surface area contributed by atoms with Crippen LogP contribution in [-0.4, -0.2) is 60.9 Å². The molecule has 0 bridgehead atoms. The molecule has 6 nitrogen and oxygen atoms in total. The number of aliphatic hydroxyl groups excluding tert-OH is 1. The monoisotopic (exact) mass is 312 g/mol. The molecule has 0 spiro atoms. The smallest absolute Gasteiger partial charge is 0.260 e. The number of carbonyl (C=O) groups excluding carboxylic acids is 1. The first kappa shape index (κ1) is 17.4. The number of rotatable bonds is 8. The predicted molar refractivity (Wildman–Crippen MR) is 83.3 cm³/mol. The van der Waals surface area contributed by atoms with E-state index in [0.717, 1.165) is 5.56 Å². The van der Waals surface area contributed by atoms with Crippen LogP contribution in [0.25, 0.3) is 0 Å². The van der Waals surface area contributed by atoms with Crippen molar-refractivity contribution in [2.24, 2.45) is 5.73 Å². The van der Waals surface area contributed by atoms with Crippen molar-refractivity contribution in [3.63, 3.8) is 0 Å². The first-order valence-corrected chi connectivity index (χ1v) is 6.78. The second kappa shape index (κ2) is 8.56. The van der Waals surface area contributed by atoms with Crippen LogP contribution >= 0.6 is 12.2 Å². The quantitative estimate of drug-likeness (QED) is 0.666. The van der Waals surface area contributed by atoms with Crippen LogP contribution in [0.5, 0.6) is 5.75 Å². The molecule has 1 aromatic carbocycles. The van der Waals surface area contributed by atoms with Crippen LogP contribution in [0.4, 0.5) is 0 Å². The summed E-state index contributed by atoms with van der Waals surface area (Å²) in [5.74, 6) is 0.317. The highest BCUT2D eigenvalue weighted by atomic mass is 32.1. The highest BCUT2D eigenvalue weighted by Gasteiger charge is 2.14. The molecule has 1 aromatic rings. The minimum absolute atomic E-state index is 0.109. The zero-order valence-corrected chi connectivity index (χ0v) is 12.9. The largest absolute Gasteiger partial charge is 0.484 e. The zero-order valence-electron chi connectivity index (χ0n) is 12.1. The van der Waals surface area contributed by atoms with Crippen molar-refractivity contribution in [2.75, 3.05) is 33.9 Å². The fraction of sp³-hybridized carbons (Fsp3) is 0.429. The molecular formula is C14H20N2O4S. The number of aliphatic hydroxyl groups is 1. The summed E-state index contributed by atoms with van der Waals surface area (Å²) in [6.45, 7) is 0.262. The number of benzene rings is 1. The van der Waals surface area contributed by atoms with E-state index in [2.05, 4.69) is 0 Å². The lowest BCUT2D eigenvalue weighted by Gasteiger charge is -2.20. The number of likely N-dealkylation sites (N-methyl/N-ethyl adjacent to an activating group) is 1. The van der Waals surface area contributed by atoms with E-state index in [1.165, 1.54) is 12.0 Å². The van der Waals surface area contributed by atoms with Gasteiger partial charge in [-0.3, -0.25) is 4.79 Å². The second-order valence-electron chi connectivity index (χ2n) is 4.56. The molecule has 116 valence electrons. The van der Waals surface area contributed by atoms with E-state index in [-0.39, 0.29) is 25.7 Å². The summed E-state index contributed by atoms with van der Waals surface area (Å²) < 4.78 is 10.2. The van der Waals surface area contributed by atoms with Crippen molar-refractivity contribution in [3.8, 4) is 5.75 Å². The van der Waals surface area contributed by atoms with Crippen LogP contribution in [-0.2, 0) is 9.53 Å². The van der Waals surface area contributed by atoms with Crippen molar-refractivity contribution >= 4 is 23.1 Å². The third-order valence-corrected chi connectivity index (χ3v) is 3.01. The maximum absolute atomic E-state index is 11.8. The Hall–Kier alpha value is -1.70. The molecule has 1 amide bonds. The summed E-state index contributed by atoms with van der Waals surface area (Å²) >= 11 is 4.85. The maximum atomic E-state index is 11.8. The van der Waals surface area contributed by atoms with Crippen LogP contribution in [0.2, 0.25) is 0 Å². The third-order valence-electron chi connectivity index (χ3n) is 2.77. The Morgan fingerprint density at radius 1 is 1.43 bits per heavy atom. The molecule has 1 unspecified atom stereocenters. The summed E-state index contributed by atoms with van der Waals surface area (Å²) in [7, 11) is 3.09. The van der Waals surface area contributed by atoms with E-state index < -0.39 is 6.10 Å². The molecule has 21 heavy (non-hydrogen) atoms. The van der Waals surface area contributed by atoms with Gasteiger partial charge in [-0.25, -0.2) is 0 Å². The van der Waals surface area contributed by atoms with Crippen molar-refractivity contribution in [1.82, 2.24) is 4.90 Å². The average Bonchev–Trinajstić information content (AvgIpc) is 2.45. The molecule has 0 radical (unpaired) electrons. The van der Waals surface area contributed by atoms with Crippen molar-refractivity contribution in [3.05, 3.63) is 29.8 Å². The number of methoxy groups -OCH3 is 1. The lowest BCUT2D eigenvalue weighted by atomic mass is 10.2. The Morgan fingerprint density at radius 2 is 2.05 bits per heavy atom. The zero-order chi connectivity index (χ0) is 15.8. The SMILES string of the molecule is COCC(O)CN(C)C(=O)COc1ccc(C(N)=S)cc1. The molecule has 0 saturated heterocycles. The Balaban J connectivity index is 2.43. The normalized spacial score (nSPS) is 11.8. The van der Waals surface area contributed by atoms with Gasteiger partial charge in [0, 0.05) is 26.3 Å². The number of nitrogens with two attached hydrogens (primary N) is 1. The first-order valence-electron chi connectivity index (χ1n) is 6.37. The van der Waals surface area contributed by atoms with Gasteiger partial charge in [-0.05, 0) is 24.3 Å². The van der Waals surface area contributed by atoms with E-state index in [1.54, 1.807) is 31.3 Å². The molecule has 0 saturated carbocycles. The number of carbonyl (C=O) groups is 1. The lowest BCUT2D eigenvalue weighted by molar-refractivity contribution is -0.133. The highest BCUT2D eigenvalue weighted by molar-refractivity contribution is 7.80. The van der Waals surface area contributed by atoms with Gasteiger partial charge in [0.15, 0.2) is 6.61 Å². The van der Waals surface area contributed by atoms with Crippen molar-refractivity contribution in [1.29, 1.82) is 0 Å². The van der Waals surface area contributed by atoms with Gasteiger partial charge in [-0.2, -0.15) is 0 Å². The van der Waals surface area contributed by atoms with Gasteiger partial charge in [0.2, 0.25) is 0 Å². The third kappa shape index (κ3) is 6.07. The minimum Gasteiger partial charge on any atom is -0.484 e. The van der Waals surface area contributed by atoms with Crippen LogP contribution in [0, 0.1) is 0 Å². The number of ether oxygens (including phenoxy) is 2. The maximum Gasteiger partial charge on any atom is 0.260 e. The molecule has 0 aliphatic carbocycles. The molecule has 0 aromatic heterocycles. The summed E-state index contributed by atoms with van der Waals surface area (Å²) in [4.78, 5) is 13.5. The summed E-state index contributed by atoms with van der Waals surface area (Å²) in [5.41, 5.74) is 6.23. The number of thiocarbonyl (C=S) groups is 1. The molecular weight excluding hydrogens is 292 g/mol. The van der Waals surface area contributed by atoms with Gasteiger partial charge in [0.25, 0.3) is 5.91 Å². The van der Waals surface area contributed by atoms with Gasteiger partial charge in [0.05, 0.1) is 12.7 Å². The first-order chi connectivity index (χ1) is 9.93. The van der Waals surface area contributed by atoms with Crippen molar-refractivity contribution < 1.29 is 19.4 Å². The molecule has 7 heteroatoms. The molecule has 0 fully saturated rings. The van der Waals surface area contributed by atoms with Crippen LogP contribution in [0.3, 0.4) is 0 Å². The summed E-state index contributed by atoms with van der Waals surface area (Å²) in [5, 5.41) is 9.55. The minimum atomic E-state index is -0.714. The molecule has 1 atom stereocenters. The second-order valence-corrected chi connectivity index (χ2v) is 5.00. The molecule has 0 aliphatic heterocycles. The highest BCUT2D eigenvalue weighted by Crippen LogP contribution is 2.12. The lowest BCUT2D eigenvalue weighted by Crippen LogP contribution is -2.38. The average molecular weight is 312 g/mol. The fourth-order valence-corrected chi connectivity index (χ4v) is 1.77.